The Hall–Kier alpha value is -0.670. The van der Waals surface area contributed by atoms with Crippen molar-refractivity contribution in [1.29, 1.82) is 0 Å². The summed E-state index contributed by atoms with van der Waals surface area (Å²) in [7, 11) is 1.69. The molecule has 0 amide bonds. The molecular weight excluding hydrogens is 244 g/mol. The van der Waals surface area contributed by atoms with E-state index in [9.17, 15) is 0 Å². The molecule has 2 rings (SSSR count). The topological polar surface area (TPSA) is 18.5 Å². The minimum atomic E-state index is 0.405. The van der Waals surface area contributed by atoms with Gasteiger partial charge in [0.1, 0.15) is 5.75 Å². The second kappa shape index (κ2) is 6.48. The van der Waals surface area contributed by atoms with Gasteiger partial charge in [-0.3, -0.25) is 0 Å². The molecule has 2 nitrogen and oxygen atoms in total. The Labute approximate surface area is 114 Å². The second-order valence-electron chi connectivity index (χ2n) is 4.84. The number of hydrogen-bond donors (Lipinski definition) is 0. The van der Waals surface area contributed by atoms with Crippen molar-refractivity contribution >= 4 is 11.8 Å². The summed E-state index contributed by atoms with van der Waals surface area (Å²) in [6.07, 6.45) is 1.65. The van der Waals surface area contributed by atoms with E-state index in [0.717, 1.165) is 16.8 Å². The molecule has 0 unspecified atom stereocenters. The van der Waals surface area contributed by atoms with Crippen molar-refractivity contribution in [3.05, 3.63) is 29.8 Å². The third-order valence-corrected chi connectivity index (χ3v) is 5.38. The van der Waals surface area contributed by atoms with Gasteiger partial charge in [-0.1, -0.05) is 26.0 Å². The minimum absolute atomic E-state index is 0.405. The van der Waals surface area contributed by atoms with E-state index >= 15 is 0 Å². The van der Waals surface area contributed by atoms with E-state index in [-0.39, 0.29) is 0 Å². The zero-order valence-corrected chi connectivity index (χ0v) is 12.2. The molecular formula is C15H22O2S. The highest BCUT2D eigenvalue weighted by atomic mass is 32.2. The number of rotatable bonds is 5. The maximum absolute atomic E-state index is 6.05. The van der Waals surface area contributed by atoms with Crippen LogP contribution in [0.5, 0.6) is 5.75 Å². The molecule has 1 aromatic rings. The summed E-state index contributed by atoms with van der Waals surface area (Å²) in [5.74, 6) is 2.70. The molecule has 1 aromatic carbocycles. The summed E-state index contributed by atoms with van der Waals surface area (Å²) in [6, 6.07) is 8.12. The normalized spacial score (nSPS) is 27.4. The molecule has 1 aliphatic rings. The molecule has 0 aliphatic carbocycles. The zero-order valence-electron chi connectivity index (χ0n) is 11.4. The van der Waals surface area contributed by atoms with Crippen LogP contribution in [-0.2, 0) is 11.3 Å². The van der Waals surface area contributed by atoms with Crippen molar-refractivity contribution in [3.8, 4) is 5.75 Å². The summed E-state index contributed by atoms with van der Waals surface area (Å²) in [5, 5.41) is 0.769. The average molecular weight is 266 g/mol. The Morgan fingerprint density at radius 3 is 2.56 bits per heavy atom. The third-order valence-electron chi connectivity index (χ3n) is 3.67. The fraction of sp³-hybridized carbons (Fsp3) is 0.600. The lowest BCUT2D eigenvalue weighted by Crippen LogP contribution is -2.23. The van der Waals surface area contributed by atoms with Crippen LogP contribution in [0.4, 0.5) is 0 Å². The van der Waals surface area contributed by atoms with Gasteiger partial charge in [0.2, 0.25) is 0 Å². The first-order valence-electron chi connectivity index (χ1n) is 6.60. The summed E-state index contributed by atoms with van der Waals surface area (Å²) < 4.78 is 11.2. The van der Waals surface area contributed by atoms with Crippen molar-refractivity contribution in [2.45, 2.75) is 38.2 Å². The van der Waals surface area contributed by atoms with E-state index in [1.807, 2.05) is 12.1 Å². The van der Waals surface area contributed by atoms with Crippen molar-refractivity contribution in [1.82, 2.24) is 0 Å². The molecule has 1 fully saturated rings. The van der Waals surface area contributed by atoms with Crippen LogP contribution in [-0.4, -0.2) is 24.2 Å². The van der Waals surface area contributed by atoms with Gasteiger partial charge in [-0.25, -0.2) is 0 Å². The van der Waals surface area contributed by atoms with Crippen LogP contribution in [0.1, 0.15) is 25.8 Å². The molecule has 3 heteroatoms. The molecule has 100 valence electrons. The minimum Gasteiger partial charge on any atom is -0.497 e. The molecule has 0 radical (unpaired) electrons. The summed E-state index contributed by atoms with van der Waals surface area (Å²) in [6.45, 7) is 5.28. The molecule has 0 spiro atoms. The van der Waals surface area contributed by atoms with Crippen molar-refractivity contribution in [2.24, 2.45) is 5.92 Å². The van der Waals surface area contributed by atoms with Crippen molar-refractivity contribution in [2.75, 3.05) is 12.9 Å². The molecule has 0 N–H and O–H groups in total. The lowest BCUT2D eigenvalue weighted by atomic mass is 10.0. The quantitative estimate of drug-likeness (QED) is 0.809. The molecule has 0 bridgehead atoms. The average Bonchev–Trinajstić information content (AvgIpc) is 2.77. The van der Waals surface area contributed by atoms with Crippen LogP contribution < -0.4 is 4.74 Å². The fourth-order valence-electron chi connectivity index (χ4n) is 2.38. The third kappa shape index (κ3) is 3.21. The Balaban J connectivity index is 1.84. The van der Waals surface area contributed by atoms with E-state index < -0.39 is 0 Å². The predicted molar refractivity (Wildman–Crippen MR) is 77.3 cm³/mol. The van der Waals surface area contributed by atoms with Crippen molar-refractivity contribution in [3.63, 3.8) is 0 Å². The maximum Gasteiger partial charge on any atom is 0.118 e. The Kier molecular flexibility index (Phi) is 4.95. The summed E-state index contributed by atoms with van der Waals surface area (Å²) in [5.41, 5.74) is 1.22. The second-order valence-corrected chi connectivity index (χ2v) is 6.11. The van der Waals surface area contributed by atoms with Gasteiger partial charge in [0.05, 0.1) is 19.8 Å². The molecule has 1 heterocycles. The van der Waals surface area contributed by atoms with E-state index in [1.165, 1.54) is 12.0 Å². The highest BCUT2D eigenvalue weighted by molar-refractivity contribution is 8.00. The first-order chi connectivity index (χ1) is 8.74. The Bertz CT molecular complexity index is 363. The smallest absolute Gasteiger partial charge is 0.118 e. The van der Waals surface area contributed by atoms with Gasteiger partial charge in [-0.15, -0.1) is 0 Å². The van der Waals surface area contributed by atoms with Crippen LogP contribution in [0, 0.1) is 5.92 Å². The van der Waals surface area contributed by atoms with Gasteiger partial charge < -0.3 is 9.47 Å². The molecule has 18 heavy (non-hydrogen) atoms. The van der Waals surface area contributed by atoms with Gasteiger partial charge in [0.15, 0.2) is 0 Å². The largest absolute Gasteiger partial charge is 0.497 e. The SMILES string of the molecule is CC[C@H]1SC[C@@H](OCc2ccc(OC)cc2)[C@@H]1C. The first kappa shape index (κ1) is 13.8. The first-order valence-corrected chi connectivity index (χ1v) is 7.65. The summed E-state index contributed by atoms with van der Waals surface area (Å²) in [4.78, 5) is 0. The van der Waals surface area contributed by atoms with Crippen LogP contribution in [0.2, 0.25) is 0 Å². The van der Waals surface area contributed by atoms with Gasteiger partial charge in [0.25, 0.3) is 0 Å². The Morgan fingerprint density at radius 2 is 2.00 bits per heavy atom. The Morgan fingerprint density at radius 1 is 1.28 bits per heavy atom. The standard InChI is InChI=1S/C15H22O2S/c1-4-15-11(2)14(10-18-15)17-9-12-5-7-13(16-3)8-6-12/h5-8,11,14-15H,4,9-10H2,1-3H3/t11-,14+,15+/m0/s1. The van der Waals surface area contributed by atoms with Crippen LogP contribution in [0.3, 0.4) is 0 Å². The lowest BCUT2D eigenvalue weighted by molar-refractivity contribution is 0.0268. The summed E-state index contributed by atoms with van der Waals surface area (Å²) >= 11 is 2.05. The number of thioether (sulfide) groups is 1. The van der Waals surface area contributed by atoms with E-state index in [1.54, 1.807) is 7.11 Å². The van der Waals surface area contributed by atoms with E-state index in [4.69, 9.17) is 9.47 Å². The van der Waals surface area contributed by atoms with Gasteiger partial charge >= 0.3 is 0 Å². The predicted octanol–water partition coefficient (Wildman–Crippen LogP) is 3.74. The molecule has 0 aromatic heterocycles. The molecule has 1 saturated heterocycles. The number of hydrogen-bond acceptors (Lipinski definition) is 3. The van der Waals surface area contributed by atoms with Gasteiger partial charge in [0, 0.05) is 11.0 Å². The molecule has 1 aliphatic heterocycles. The van der Waals surface area contributed by atoms with Crippen LogP contribution in [0.25, 0.3) is 0 Å². The van der Waals surface area contributed by atoms with Gasteiger partial charge in [-0.05, 0) is 30.0 Å². The molecule has 0 saturated carbocycles. The molecule has 3 atom stereocenters. The van der Waals surface area contributed by atoms with Crippen LogP contribution in [0.15, 0.2) is 24.3 Å². The zero-order chi connectivity index (χ0) is 13.0. The highest BCUT2D eigenvalue weighted by Crippen LogP contribution is 2.36. The number of methoxy groups -OCH3 is 1. The van der Waals surface area contributed by atoms with Gasteiger partial charge in [-0.2, -0.15) is 11.8 Å². The number of ether oxygens (including phenoxy) is 2. The van der Waals surface area contributed by atoms with Crippen LogP contribution >= 0.6 is 11.8 Å². The van der Waals surface area contributed by atoms with Crippen molar-refractivity contribution < 1.29 is 9.47 Å². The lowest BCUT2D eigenvalue weighted by Gasteiger charge is -2.19. The maximum atomic E-state index is 6.05. The monoisotopic (exact) mass is 266 g/mol. The highest BCUT2D eigenvalue weighted by Gasteiger charge is 2.32. The fourth-order valence-corrected chi connectivity index (χ4v) is 3.93. The van der Waals surface area contributed by atoms with E-state index in [0.29, 0.717) is 18.6 Å². The van der Waals surface area contributed by atoms with E-state index in [2.05, 4.69) is 37.7 Å². The number of benzene rings is 1.